The number of hydrogen-bond donors (Lipinski definition) is 3. The maximum Gasteiger partial charge on any atom is 0.475 e. The van der Waals surface area contributed by atoms with Crippen LogP contribution in [-0.2, 0) is 14.1 Å². The van der Waals surface area contributed by atoms with Gasteiger partial charge in [-0.2, -0.15) is 14.3 Å². The van der Waals surface area contributed by atoms with Crippen molar-refractivity contribution in [2.45, 2.75) is 19.4 Å². The van der Waals surface area contributed by atoms with Gasteiger partial charge in [0, 0.05) is 0 Å². The highest BCUT2D eigenvalue weighted by atomic mass is 32.7. The average molecular weight is 258 g/mol. The first-order valence-corrected chi connectivity index (χ1v) is 7.40. The summed E-state index contributed by atoms with van der Waals surface area (Å²) >= 11 is 0.813. The summed E-state index contributed by atoms with van der Waals surface area (Å²) in [6, 6.07) is 0. The van der Waals surface area contributed by atoms with E-state index in [0.717, 1.165) is 11.4 Å². The molecule has 0 aliphatic rings. The van der Waals surface area contributed by atoms with Crippen LogP contribution < -0.4 is 5.73 Å². The maximum atomic E-state index is 11.2. The zero-order chi connectivity index (χ0) is 12.1. The number of carbonyl (C=O) groups excluding carboxylic acids is 1. The molecule has 0 aromatic carbocycles. The first-order chi connectivity index (χ1) is 6.69. The lowest BCUT2D eigenvalue weighted by Crippen LogP contribution is -2.43. The molecule has 90 valence electrons. The molecule has 0 atom stereocenters. The number of esters is 1. The Morgan fingerprint density at radius 1 is 1.53 bits per heavy atom. The van der Waals surface area contributed by atoms with Crippen molar-refractivity contribution < 1.29 is 23.8 Å². The quantitative estimate of drug-likeness (QED) is 0.358. The molecule has 4 N–H and O–H groups in total. The minimum absolute atomic E-state index is 0.0658. The summed E-state index contributed by atoms with van der Waals surface area (Å²) in [5.41, 5.74) is 4.44. The van der Waals surface area contributed by atoms with Gasteiger partial charge in [-0.1, -0.05) is 0 Å². The Bertz CT molecular complexity index is 218. The monoisotopic (exact) mass is 258 g/mol. The molecule has 0 aromatic heterocycles. The van der Waals surface area contributed by atoms with Crippen LogP contribution in [0.3, 0.4) is 0 Å². The summed E-state index contributed by atoms with van der Waals surface area (Å²) < 4.78 is 9.23. The Kier molecular flexibility index (Phi) is 6.02. The number of ether oxygens (including phenoxy) is 1. The van der Waals surface area contributed by atoms with E-state index in [1.807, 2.05) is 0 Å². The van der Waals surface area contributed by atoms with Crippen LogP contribution in [-0.4, -0.2) is 40.8 Å². The van der Waals surface area contributed by atoms with Crippen molar-refractivity contribution in [1.29, 1.82) is 0 Å². The van der Waals surface area contributed by atoms with E-state index in [2.05, 4.69) is 4.52 Å². The molecule has 0 saturated carbocycles. The van der Waals surface area contributed by atoms with Crippen molar-refractivity contribution in [2.75, 3.05) is 19.5 Å². The molecule has 8 heteroatoms. The Hall–Kier alpha value is 0.0900. The molecule has 0 aliphatic heterocycles. The molecule has 6 nitrogen and oxygen atoms in total. The lowest BCUT2D eigenvalue weighted by atomic mass is 10.1. The molecule has 0 heterocycles. The maximum absolute atomic E-state index is 11.2. The Morgan fingerprint density at radius 3 is 2.47 bits per heavy atom. The summed E-state index contributed by atoms with van der Waals surface area (Å²) in [6.07, 6.45) is 0. The van der Waals surface area contributed by atoms with Gasteiger partial charge >= 0.3 is 13.1 Å². The summed E-state index contributed by atoms with van der Waals surface area (Å²) in [5.74, 6) is -0.281. The van der Waals surface area contributed by atoms with E-state index in [9.17, 15) is 4.79 Å². The van der Waals surface area contributed by atoms with E-state index in [-0.39, 0.29) is 12.4 Å². The van der Waals surface area contributed by atoms with Gasteiger partial charge in [0.2, 0.25) is 0 Å². The van der Waals surface area contributed by atoms with E-state index < -0.39 is 18.7 Å². The van der Waals surface area contributed by atoms with Gasteiger partial charge in [0.1, 0.15) is 23.5 Å². The summed E-state index contributed by atoms with van der Waals surface area (Å²) in [6.45, 7) is 3.14. The first kappa shape index (κ1) is 15.1. The molecule has 0 rings (SSSR count). The van der Waals surface area contributed by atoms with Crippen LogP contribution in [0.25, 0.3) is 0 Å². The molecule has 0 amide bonds. The lowest BCUT2D eigenvalue weighted by Gasteiger charge is -2.16. The van der Waals surface area contributed by atoms with E-state index in [1.54, 1.807) is 0 Å². The zero-order valence-electron chi connectivity index (χ0n) is 8.97. The molecule has 15 heavy (non-hydrogen) atoms. The van der Waals surface area contributed by atoms with Gasteiger partial charge in [0.05, 0.1) is 12.9 Å². The molecule has 0 saturated heterocycles. The third-order valence-corrected chi connectivity index (χ3v) is 4.51. The molecular formula is C7H17NO5PS+. The zero-order valence-corrected chi connectivity index (χ0v) is 10.7. The Balaban J connectivity index is 3.69. The Labute approximate surface area is 93.5 Å². The van der Waals surface area contributed by atoms with Gasteiger partial charge in [-0.3, -0.25) is 4.79 Å². The smallest absolute Gasteiger partial charge is 0.463 e. The van der Waals surface area contributed by atoms with Crippen LogP contribution in [0.4, 0.5) is 0 Å². The van der Waals surface area contributed by atoms with Crippen LogP contribution in [0, 0.1) is 0 Å². The van der Waals surface area contributed by atoms with Crippen molar-refractivity contribution in [1.82, 2.24) is 0 Å². The van der Waals surface area contributed by atoms with Crippen LogP contribution >= 0.6 is 18.5 Å². The van der Waals surface area contributed by atoms with E-state index in [1.165, 1.54) is 21.0 Å². The highest BCUT2D eigenvalue weighted by Crippen LogP contribution is 2.62. The highest BCUT2D eigenvalue weighted by molar-refractivity contribution is 8.57. The van der Waals surface area contributed by atoms with Crippen LogP contribution in [0.15, 0.2) is 0 Å². The highest BCUT2D eigenvalue weighted by Gasteiger charge is 2.36. The van der Waals surface area contributed by atoms with E-state index in [0.29, 0.717) is 0 Å². The minimum atomic E-state index is -3.33. The molecule has 0 bridgehead atoms. The number of hydrogen-bond acceptors (Lipinski definition) is 7. The van der Waals surface area contributed by atoms with Gasteiger partial charge < -0.3 is 10.5 Å². The minimum Gasteiger partial charge on any atom is -0.463 e. The second kappa shape index (κ2) is 5.98. The van der Waals surface area contributed by atoms with Gasteiger partial charge in [-0.15, -0.1) is 0 Å². The molecular weight excluding hydrogens is 241 g/mol. The standard InChI is InChI=1S/C7H17NO5PS/c1-7(2,8)6(9)13-4-5-15-14(10,11)12-3/h10-11H,4-5,8H2,1-3H3/q+1. The van der Waals surface area contributed by atoms with Gasteiger partial charge in [-0.25, -0.2) is 0 Å². The molecule has 0 spiro atoms. The Morgan fingerprint density at radius 2 is 2.07 bits per heavy atom. The van der Waals surface area contributed by atoms with Crippen molar-refractivity contribution in [3.63, 3.8) is 0 Å². The molecule has 0 unspecified atom stereocenters. The third-order valence-electron chi connectivity index (χ3n) is 1.34. The van der Waals surface area contributed by atoms with Crippen LogP contribution in [0.2, 0.25) is 0 Å². The second-order valence-corrected chi connectivity index (χ2v) is 7.58. The predicted molar refractivity (Wildman–Crippen MR) is 60.1 cm³/mol. The molecule has 0 aromatic rings. The van der Waals surface area contributed by atoms with Gasteiger partial charge in [0.15, 0.2) is 0 Å². The second-order valence-electron chi connectivity index (χ2n) is 3.36. The van der Waals surface area contributed by atoms with Crippen LogP contribution in [0.1, 0.15) is 13.8 Å². The normalized spacial score (nSPS) is 12.7. The largest absolute Gasteiger partial charge is 0.475 e. The fourth-order valence-corrected chi connectivity index (χ4v) is 2.28. The van der Waals surface area contributed by atoms with Crippen molar-refractivity contribution in [3.05, 3.63) is 0 Å². The van der Waals surface area contributed by atoms with E-state index >= 15 is 0 Å². The van der Waals surface area contributed by atoms with Gasteiger partial charge in [0.25, 0.3) is 0 Å². The van der Waals surface area contributed by atoms with Crippen molar-refractivity contribution in [2.24, 2.45) is 5.73 Å². The summed E-state index contributed by atoms with van der Waals surface area (Å²) in [7, 11) is -2.13. The first-order valence-electron chi connectivity index (χ1n) is 4.20. The summed E-state index contributed by atoms with van der Waals surface area (Å²) in [4.78, 5) is 29.3. The fourth-order valence-electron chi connectivity index (χ4n) is 0.529. The number of nitrogens with two attached hydrogens (primary N) is 1. The fraction of sp³-hybridized carbons (Fsp3) is 0.857. The predicted octanol–water partition coefficient (Wildman–Crippen LogP) is 0.309. The molecule has 0 radical (unpaired) electrons. The third kappa shape index (κ3) is 7.05. The molecule has 0 fully saturated rings. The van der Waals surface area contributed by atoms with Crippen LogP contribution in [0.5, 0.6) is 0 Å². The SMILES string of the molecule is CO[P+](O)(O)SCCOC(=O)C(C)(C)N. The molecule has 0 aliphatic carbocycles. The average Bonchev–Trinajstić information content (AvgIpc) is 2.10. The summed E-state index contributed by atoms with van der Waals surface area (Å²) in [5, 5.41) is 0. The van der Waals surface area contributed by atoms with Crippen molar-refractivity contribution in [3.8, 4) is 0 Å². The van der Waals surface area contributed by atoms with Gasteiger partial charge in [-0.05, 0) is 13.8 Å². The topological polar surface area (TPSA) is 102 Å². The number of carbonyl (C=O) groups is 1. The lowest BCUT2D eigenvalue weighted by molar-refractivity contribution is -0.148. The number of rotatable bonds is 6. The van der Waals surface area contributed by atoms with Crippen molar-refractivity contribution >= 4 is 24.5 Å². The van der Waals surface area contributed by atoms with E-state index in [4.69, 9.17) is 20.3 Å².